The number of nitrogens with one attached hydrogen (secondary N) is 1. The normalized spacial score (nSPS) is 14.8. The van der Waals surface area contributed by atoms with Crippen LogP contribution in [0.3, 0.4) is 0 Å². The molecule has 3 aromatic rings. The SMILES string of the molecule is CSc1ccc(NC(=O)N2CCC(c3nc(-c4cccc(C)c4)no3)CC2)cc1. The van der Waals surface area contributed by atoms with Crippen molar-refractivity contribution in [3.63, 3.8) is 0 Å². The molecule has 1 saturated heterocycles. The molecule has 1 N–H and O–H groups in total. The lowest BCUT2D eigenvalue weighted by atomic mass is 9.97. The van der Waals surface area contributed by atoms with Crippen LogP contribution in [0.25, 0.3) is 11.4 Å². The molecular weight excluding hydrogens is 384 g/mol. The van der Waals surface area contributed by atoms with Crippen molar-refractivity contribution in [3.8, 4) is 11.4 Å². The Morgan fingerprint density at radius 3 is 2.62 bits per heavy atom. The Hall–Kier alpha value is -2.80. The maximum atomic E-state index is 12.5. The van der Waals surface area contributed by atoms with Crippen LogP contribution < -0.4 is 5.32 Å². The number of likely N-dealkylation sites (tertiary alicyclic amines) is 1. The highest BCUT2D eigenvalue weighted by Gasteiger charge is 2.27. The number of carbonyl (C=O) groups excluding carboxylic acids is 1. The second-order valence-electron chi connectivity index (χ2n) is 7.25. The lowest BCUT2D eigenvalue weighted by Gasteiger charge is -2.30. The van der Waals surface area contributed by atoms with E-state index in [1.54, 1.807) is 11.8 Å². The number of nitrogens with zero attached hydrogens (tertiary/aromatic N) is 3. The lowest BCUT2D eigenvalue weighted by molar-refractivity contribution is 0.187. The van der Waals surface area contributed by atoms with Crippen molar-refractivity contribution in [3.05, 3.63) is 60.0 Å². The summed E-state index contributed by atoms with van der Waals surface area (Å²) in [5.74, 6) is 1.47. The number of amides is 2. The first-order chi connectivity index (χ1) is 14.1. The molecule has 1 aliphatic heterocycles. The fraction of sp³-hybridized carbons (Fsp3) is 0.318. The third-order valence-corrected chi connectivity index (χ3v) is 5.93. The number of rotatable bonds is 4. The van der Waals surface area contributed by atoms with Crippen LogP contribution in [0.1, 0.15) is 30.2 Å². The molecule has 0 spiro atoms. The Morgan fingerprint density at radius 2 is 1.93 bits per heavy atom. The van der Waals surface area contributed by atoms with Crippen molar-refractivity contribution >= 4 is 23.5 Å². The molecule has 4 rings (SSSR count). The molecule has 7 heteroatoms. The van der Waals surface area contributed by atoms with Crippen molar-refractivity contribution in [2.75, 3.05) is 24.7 Å². The van der Waals surface area contributed by atoms with Crippen LogP contribution in [-0.4, -0.2) is 40.4 Å². The van der Waals surface area contributed by atoms with E-state index in [9.17, 15) is 4.79 Å². The predicted octanol–water partition coefficient (Wildman–Crippen LogP) is 5.18. The van der Waals surface area contributed by atoms with Gasteiger partial charge in [0, 0.05) is 35.2 Å². The largest absolute Gasteiger partial charge is 0.339 e. The number of aromatic nitrogens is 2. The van der Waals surface area contributed by atoms with Gasteiger partial charge in [0.05, 0.1) is 0 Å². The van der Waals surface area contributed by atoms with Crippen LogP contribution in [0.4, 0.5) is 10.5 Å². The van der Waals surface area contributed by atoms with E-state index >= 15 is 0 Å². The summed E-state index contributed by atoms with van der Waals surface area (Å²) in [6, 6.07) is 15.9. The minimum atomic E-state index is -0.0636. The summed E-state index contributed by atoms with van der Waals surface area (Å²) in [4.78, 5) is 20.2. The molecule has 2 heterocycles. The minimum Gasteiger partial charge on any atom is -0.339 e. The van der Waals surface area contributed by atoms with Gasteiger partial charge in [-0.25, -0.2) is 4.79 Å². The number of anilines is 1. The molecule has 2 aromatic carbocycles. The van der Waals surface area contributed by atoms with E-state index in [1.807, 2.05) is 66.6 Å². The Labute approximate surface area is 174 Å². The van der Waals surface area contributed by atoms with Crippen molar-refractivity contribution in [2.45, 2.75) is 30.6 Å². The van der Waals surface area contributed by atoms with E-state index in [0.717, 1.165) is 29.7 Å². The fourth-order valence-corrected chi connectivity index (χ4v) is 3.92. The van der Waals surface area contributed by atoms with Gasteiger partial charge in [-0.05, 0) is 56.4 Å². The van der Waals surface area contributed by atoms with E-state index < -0.39 is 0 Å². The topological polar surface area (TPSA) is 71.3 Å². The molecule has 2 amide bonds. The number of aryl methyl sites for hydroxylation is 1. The zero-order valence-corrected chi connectivity index (χ0v) is 17.4. The fourth-order valence-electron chi connectivity index (χ4n) is 3.51. The number of carbonyl (C=O) groups is 1. The molecule has 0 radical (unpaired) electrons. The Balaban J connectivity index is 1.34. The zero-order valence-electron chi connectivity index (χ0n) is 16.6. The summed E-state index contributed by atoms with van der Waals surface area (Å²) in [5, 5.41) is 7.12. The van der Waals surface area contributed by atoms with E-state index in [0.29, 0.717) is 24.8 Å². The molecule has 0 atom stereocenters. The maximum absolute atomic E-state index is 12.5. The van der Waals surface area contributed by atoms with Gasteiger partial charge in [-0.1, -0.05) is 28.9 Å². The monoisotopic (exact) mass is 408 g/mol. The second-order valence-corrected chi connectivity index (χ2v) is 8.13. The van der Waals surface area contributed by atoms with Gasteiger partial charge in [0.2, 0.25) is 11.7 Å². The second kappa shape index (κ2) is 8.69. The summed E-state index contributed by atoms with van der Waals surface area (Å²) >= 11 is 1.68. The number of thioether (sulfide) groups is 1. The molecule has 150 valence electrons. The predicted molar refractivity (Wildman–Crippen MR) is 115 cm³/mol. The van der Waals surface area contributed by atoms with Gasteiger partial charge in [-0.3, -0.25) is 0 Å². The number of benzene rings is 2. The average molecular weight is 409 g/mol. The lowest BCUT2D eigenvalue weighted by Crippen LogP contribution is -2.40. The highest BCUT2D eigenvalue weighted by atomic mass is 32.2. The molecule has 6 nitrogen and oxygen atoms in total. The summed E-state index contributed by atoms with van der Waals surface area (Å²) in [6.45, 7) is 3.38. The Kier molecular flexibility index (Phi) is 5.85. The van der Waals surface area contributed by atoms with E-state index in [2.05, 4.69) is 15.5 Å². The third kappa shape index (κ3) is 4.62. The molecule has 0 bridgehead atoms. The summed E-state index contributed by atoms with van der Waals surface area (Å²) in [7, 11) is 0. The van der Waals surface area contributed by atoms with Crippen LogP contribution in [0.2, 0.25) is 0 Å². The number of piperidine rings is 1. The highest BCUT2D eigenvalue weighted by molar-refractivity contribution is 7.98. The first-order valence-corrected chi connectivity index (χ1v) is 11.0. The van der Waals surface area contributed by atoms with Crippen LogP contribution in [0, 0.1) is 6.92 Å². The Morgan fingerprint density at radius 1 is 1.17 bits per heavy atom. The van der Waals surface area contributed by atoms with E-state index in [-0.39, 0.29) is 11.9 Å². The molecule has 29 heavy (non-hydrogen) atoms. The molecule has 1 aromatic heterocycles. The Bertz CT molecular complexity index is 978. The van der Waals surface area contributed by atoms with E-state index in [4.69, 9.17) is 4.52 Å². The van der Waals surface area contributed by atoms with Crippen molar-refractivity contribution in [2.24, 2.45) is 0 Å². The molecule has 1 fully saturated rings. The van der Waals surface area contributed by atoms with Crippen LogP contribution in [0.15, 0.2) is 57.9 Å². The van der Waals surface area contributed by atoms with Gasteiger partial charge in [0.15, 0.2) is 0 Å². The minimum absolute atomic E-state index is 0.0636. The van der Waals surface area contributed by atoms with E-state index in [1.165, 1.54) is 4.90 Å². The third-order valence-electron chi connectivity index (χ3n) is 5.19. The first-order valence-electron chi connectivity index (χ1n) is 9.73. The van der Waals surface area contributed by atoms with Gasteiger partial charge >= 0.3 is 6.03 Å². The molecule has 0 unspecified atom stereocenters. The van der Waals surface area contributed by atoms with Crippen molar-refractivity contribution < 1.29 is 9.32 Å². The van der Waals surface area contributed by atoms with Crippen LogP contribution in [-0.2, 0) is 0 Å². The van der Waals surface area contributed by atoms with Crippen molar-refractivity contribution in [1.29, 1.82) is 0 Å². The molecule has 0 saturated carbocycles. The molecular formula is C22H24N4O2S. The number of hydrogen-bond donors (Lipinski definition) is 1. The summed E-state index contributed by atoms with van der Waals surface area (Å²) < 4.78 is 5.53. The smallest absolute Gasteiger partial charge is 0.321 e. The summed E-state index contributed by atoms with van der Waals surface area (Å²) in [5.41, 5.74) is 2.94. The number of hydrogen-bond acceptors (Lipinski definition) is 5. The quantitative estimate of drug-likeness (QED) is 0.603. The van der Waals surface area contributed by atoms with Gasteiger partial charge in [-0.15, -0.1) is 11.8 Å². The first kappa shape index (κ1) is 19.5. The van der Waals surface area contributed by atoms with Crippen LogP contribution >= 0.6 is 11.8 Å². The summed E-state index contributed by atoms with van der Waals surface area (Å²) in [6.07, 6.45) is 3.66. The molecule has 0 aliphatic carbocycles. The van der Waals surface area contributed by atoms with Gasteiger partial charge < -0.3 is 14.7 Å². The zero-order chi connectivity index (χ0) is 20.2. The van der Waals surface area contributed by atoms with Gasteiger partial charge in [-0.2, -0.15) is 4.98 Å². The number of urea groups is 1. The maximum Gasteiger partial charge on any atom is 0.321 e. The van der Waals surface area contributed by atoms with Crippen LogP contribution in [0.5, 0.6) is 0 Å². The average Bonchev–Trinajstić information content (AvgIpc) is 3.25. The van der Waals surface area contributed by atoms with Gasteiger partial charge in [0.1, 0.15) is 0 Å². The molecule has 1 aliphatic rings. The highest BCUT2D eigenvalue weighted by Crippen LogP contribution is 2.29. The van der Waals surface area contributed by atoms with Gasteiger partial charge in [0.25, 0.3) is 0 Å². The standard InChI is InChI=1S/C22H24N4O2S/c1-15-4-3-5-17(14-15)20-24-21(28-25-20)16-10-12-26(13-11-16)22(27)23-18-6-8-19(29-2)9-7-18/h3-9,14,16H,10-13H2,1-2H3,(H,23,27). The van der Waals surface area contributed by atoms with Crippen molar-refractivity contribution in [1.82, 2.24) is 15.0 Å².